The van der Waals surface area contributed by atoms with E-state index >= 15 is 0 Å². The Labute approximate surface area is 63.8 Å². The molecule has 0 saturated heterocycles. The van der Waals surface area contributed by atoms with E-state index in [4.69, 9.17) is 0 Å². The monoisotopic (exact) mass is 142 g/mol. The van der Waals surface area contributed by atoms with Gasteiger partial charge in [0.15, 0.2) is 0 Å². The molecule has 60 valence electrons. The summed E-state index contributed by atoms with van der Waals surface area (Å²) in [6.45, 7) is 8.22. The molecule has 0 saturated carbocycles. The largest absolute Gasteiger partial charge is 0.389 e. The molecule has 0 spiro atoms. The molecule has 0 bridgehead atoms. The Morgan fingerprint density at radius 2 is 1.50 bits per heavy atom. The topological polar surface area (TPSA) is 20.2 Å². The number of aliphatic hydroxyl groups is 1. The molecule has 1 atom stereocenters. The van der Waals surface area contributed by atoms with Crippen molar-refractivity contribution in [2.24, 2.45) is 11.8 Å². The van der Waals surface area contributed by atoms with Crippen LogP contribution in [0.2, 0.25) is 0 Å². The van der Waals surface area contributed by atoms with E-state index < -0.39 is 0 Å². The Kier molecular flexibility index (Phi) is 4.37. The highest BCUT2D eigenvalue weighted by atomic mass is 16.3. The van der Waals surface area contributed by atoms with Gasteiger partial charge < -0.3 is 5.11 Å². The van der Waals surface area contributed by atoms with Crippen molar-refractivity contribution in [1.29, 1.82) is 0 Å². The van der Waals surface area contributed by atoms with Crippen molar-refractivity contribution in [3.8, 4) is 0 Å². The summed E-state index contributed by atoms with van der Waals surface area (Å²) in [4.78, 5) is 0. The Morgan fingerprint density at radius 3 is 1.80 bits per heavy atom. The second kappa shape index (κ2) is 4.51. The minimum Gasteiger partial charge on any atom is -0.389 e. The molecule has 10 heavy (non-hydrogen) atoms. The predicted molar refractivity (Wildman–Crippen MR) is 44.8 cm³/mol. The van der Waals surface area contributed by atoms with Crippen molar-refractivity contribution in [3.63, 3.8) is 0 Å². The summed E-state index contributed by atoms with van der Waals surface area (Å²) in [5.41, 5.74) is 0. The molecule has 0 radical (unpaired) electrons. The van der Waals surface area contributed by atoms with Crippen molar-refractivity contribution in [3.05, 3.63) is 12.2 Å². The number of hydrogen-bond acceptors (Lipinski definition) is 1. The molecule has 0 aliphatic heterocycles. The Hall–Kier alpha value is -0.300. The van der Waals surface area contributed by atoms with E-state index in [0.29, 0.717) is 11.8 Å². The third-order valence-electron chi connectivity index (χ3n) is 1.38. The van der Waals surface area contributed by atoms with Crippen LogP contribution < -0.4 is 0 Å². The zero-order valence-electron chi connectivity index (χ0n) is 7.33. The molecule has 0 aliphatic carbocycles. The number of allylic oxidation sites excluding steroid dienone is 1. The van der Waals surface area contributed by atoms with Gasteiger partial charge in [-0.15, -0.1) is 0 Å². The Morgan fingerprint density at radius 1 is 1.00 bits per heavy atom. The highest BCUT2D eigenvalue weighted by Gasteiger charge is 2.03. The van der Waals surface area contributed by atoms with Crippen LogP contribution in [0.3, 0.4) is 0 Å². The van der Waals surface area contributed by atoms with Crippen molar-refractivity contribution in [2.75, 3.05) is 0 Å². The molecular weight excluding hydrogens is 124 g/mol. The first kappa shape index (κ1) is 9.70. The molecule has 1 heteroatoms. The number of hydrogen-bond donors (Lipinski definition) is 1. The fourth-order valence-electron chi connectivity index (χ4n) is 0.558. The summed E-state index contributed by atoms with van der Waals surface area (Å²) in [6.07, 6.45) is 3.63. The summed E-state index contributed by atoms with van der Waals surface area (Å²) in [5, 5.41) is 9.29. The van der Waals surface area contributed by atoms with Crippen LogP contribution in [-0.2, 0) is 0 Å². The molecular formula is C9H18O. The molecule has 0 aliphatic rings. The molecule has 1 N–H and O–H groups in total. The van der Waals surface area contributed by atoms with E-state index in [2.05, 4.69) is 13.8 Å². The first-order chi connectivity index (χ1) is 4.54. The van der Waals surface area contributed by atoms with Crippen LogP contribution in [0, 0.1) is 11.8 Å². The molecule has 0 fully saturated rings. The van der Waals surface area contributed by atoms with E-state index in [1.807, 2.05) is 26.0 Å². The standard InChI is InChI=1S/C9H18O/c1-7(2)5-6-9(10)8(3)4/h5-10H,1-4H3. The summed E-state index contributed by atoms with van der Waals surface area (Å²) >= 11 is 0. The smallest absolute Gasteiger partial charge is 0.0743 e. The summed E-state index contributed by atoms with van der Waals surface area (Å²) in [7, 11) is 0. The summed E-state index contributed by atoms with van der Waals surface area (Å²) < 4.78 is 0. The van der Waals surface area contributed by atoms with Crippen LogP contribution in [0.25, 0.3) is 0 Å². The molecule has 0 heterocycles. The van der Waals surface area contributed by atoms with Gasteiger partial charge in [0.25, 0.3) is 0 Å². The first-order valence-corrected chi connectivity index (χ1v) is 3.90. The van der Waals surface area contributed by atoms with Gasteiger partial charge in [0.05, 0.1) is 6.10 Å². The van der Waals surface area contributed by atoms with E-state index in [-0.39, 0.29) is 6.10 Å². The van der Waals surface area contributed by atoms with Crippen LogP contribution in [0.15, 0.2) is 12.2 Å². The third kappa shape index (κ3) is 4.57. The fourth-order valence-corrected chi connectivity index (χ4v) is 0.558. The van der Waals surface area contributed by atoms with E-state index in [0.717, 1.165) is 0 Å². The molecule has 0 aromatic heterocycles. The first-order valence-electron chi connectivity index (χ1n) is 3.90. The van der Waals surface area contributed by atoms with Crippen LogP contribution in [0.4, 0.5) is 0 Å². The molecule has 0 amide bonds. The van der Waals surface area contributed by atoms with Crippen molar-refractivity contribution >= 4 is 0 Å². The van der Waals surface area contributed by atoms with Gasteiger partial charge in [-0.2, -0.15) is 0 Å². The van der Waals surface area contributed by atoms with Gasteiger partial charge in [-0.05, 0) is 11.8 Å². The van der Waals surface area contributed by atoms with Gasteiger partial charge in [0.2, 0.25) is 0 Å². The van der Waals surface area contributed by atoms with E-state index in [1.54, 1.807) is 0 Å². The van der Waals surface area contributed by atoms with Gasteiger partial charge in [0, 0.05) is 0 Å². The lowest BCUT2D eigenvalue weighted by molar-refractivity contribution is 0.171. The van der Waals surface area contributed by atoms with Gasteiger partial charge >= 0.3 is 0 Å². The Balaban J connectivity index is 3.66. The second-order valence-corrected chi connectivity index (χ2v) is 3.36. The molecule has 0 aromatic carbocycles. The molecule has 1 nitrogen and oxygen atoms in total. The average molecular weight is 142 g/mol. The maximum atomic E-state index is 9.29. The molecule has 0 rings (SSSR count). The van der Waals surface area contributed by atoms with E-state index in [1.165, 1.54) is 0 Å². The summed E-state index contributed by atoms with van der Waals surface area (Å²) in [5.74, 6) is 0.864. The SMILES string of the molecule is CC(C)C=CC(O)C(C)C. The van der Waals surface area contributed by atoms with Crippen molar-refractivity contribution in [1.82, 2.24) is 0 Å². The predicted octanol–water partition coefficient (Wildman–Crippen LogP) is 2.22. The fraction of sp³-hybridized carbons (Fsp3) is 0.778. The number of rotatable bonds is 3. The lowest BCUT2D eigenvalue weighted by atomic mass is 10.1. The van der Waals surface area contributed by atoms with Gasteiger partial charge in [-0.3, -0.25) is 0 Å². The molecule has 0 aromatic rings. The van der Waals surface area contributed by atoms with E-state index in [9.17, 15) is 5.11 Å². The zero-order valence-corrected chi connectivity index (χ0v) is 7.33. The van der Waals surface area contributed by atoms with Crippen LogP contribution in [0.1, 0.15) is 27.7 Å². The third-order valence-corrected chi connectivity index (χ3v) is 1.38. The second-order valence-electron chi connectivity index (χ2n) is 3.36. The average Bonchev–Trinajstić information content (AvgIpc) is 1.82. The number of aliphatic hydroxyl groups excluding tert-OH is 1. The summed E-state index contributed by atoms with van der Waals surface area (Å²) in [6, 6.07) is 0. The lowest BCUT2D eigenvalue weighted by Crippen LogP contribution is -2.10. The zero-order chi connectivity index (χ0) is 8.15. The van der Waals surface area contributed by atoms with Crippen LogP contribution in [0.5, 0.6) is 0 Å². The Bertz CT molecular complexity index is 103. The maximum absolute atomic E-state index is 9.29. The highest BCUT2D eigenvalue weighted by Crippen LogP contribution is 2.04. The highest BCUT2D eigenvalue weighted by molar-refractivity contribution is 4.91. The minimum absolute atomic E-state index is 0.276. The lowest BCUT2D eigenvalue weighted by Gasteiger charge is -2.08. The maximum Gasteiger partial charge on any atom is 0.0743 e. The van der Waals surface area contributed by atoms with Crippen molar-refractivity contribution < 1.29 is 5.11 Å². The van der Waals surface area contributed by atoms with Crippen LogP contribution >= 0.6 is 0 Å². The van der Waals surface area contributed by atoms with Gasteiger partial charge in [-0.25, -0.2) is 0 Å². The van der Waals surface area contributed by atoms with Crippen molar-refractivity contribution in [2.45, 2.75) is 33.8 Å². The van der Waals surface area contributed by atoms with Gasteiger partial charge in [0.1, 0.15) is 0 Å². The minimum atomic E-state index is -0.276. The van der Waals surface area contributed by atoms with Crippen LogP contribution in [-0.4, -0.2) is 11.2 Å². The van der Waals surface area contributed by atoms with Gasteiger partial charge in [-0.1, -0.05) is 39.8 Å². The molecule has 1 unspecified atom stereocenters. The quantitative estimate of drug-likeness (QED) is 0.599. The normalized spacial score (nSPS) is 15.5.